The van der Waals surface area contributed by atoms with Crippen molar-refractivity contribution < 1.29 is 18.3 Å². The van der Waals surface area contributed by atoms with Crippen molar-refractivity contribution in [2.75, 3.05) is 5.32 Å². The molecule has 0 heterocycles. The maximum atomic E-state index is 12.6. The second-order valence-corrected chi connectivity index (χ2v) is 6.53. The highest BCUT2D eigenvalue weighted by atomic mass is 19.3. The fourth-order valence-corrected chi connectivity index (χ4v) is 2.97. The topological polar surface area (TPSA) is 50.4 Å². The third kappa shape index (κ3) is 5.86. The van der Waals surface area contributed by atoms with Crippen LogP contribution in [0.25, 0.3) is 0 Å². The minimum Gasteiger partial charge on any atom is -0.435 e. The molecule has 2 atom stereocenters. The molecule has 0 saturated heterocycles. The van der Waals surface area contributed by atoms with Crippen LogP contribution in [0, 0.1) is 0 Å². The van der Waals surface area contributed by atoms with E-state index in [0.29, 0.717) is 0 Å². The molecule has 3 aromatic rings. The predicted octanol–water partition coefficient (Wildman–Crippen LogP) is 4.99. The maximum Gasteiger partial charge on any atom is 0.387 e. The Morgan fingerprint density at radius 1 is 0.828 bits per heavy atom. The van der Waals surface area contributed by atoms with Gasteiger partial charge in [-0.05, 0) is 42.3 Å². The van der Waals surface area contributed by atoms with Gasteiger partial charge in [-0.3, -0.25) is 10.1 Å². The highest BCUT2D eigenvalue weighted by molar-refractivity contribution is 5.94. The molecule has 0 bridgehead atoms. The van der Waals surface area contributed by atoms with Gasteiger partial charge in [-0.2, -0.15) is 8.78 Å². The lowest BCUT2D eigenvalue weighted by Crippen LogP contribution is -2.40. The molecular formula is C23H22F2N2O2. The molecule has 0 aromatic heterocycles. The number of carbonyl (C=O) groups excluding carboxylic acids is 1. The summed E-state index contributed by atoms with van der Waals surface area (Å²) in [5.74, 6) is -0.0831. The van der Waals surface area contributed by atoms with Gasteiger partial charge in [0.2, 0.25) is 5.91 Å². The monoisotopic (exact) mass is 396 g/mol. The number of anilines is 1. The summed E-state index contributed by atoms with van der Waals surface area (Å²) in [7, 11) is 0. The molecule has 0 fully saturated rings. The van der Waals surface area contributed by atoms with Gasteiger partial charge < -0.3 is 10.1 Å². The Balaban J connectivity index is 1.78. The Hall–Kier alpha value is -3.25. The van der Waals surface area contributed by atoms with Crippen LogP contribution in [0.1, 0.15) is 24.1 Å². The minimum absolute atomic E-state index is 0.0884. The van der Waals surface area contributed by atoms with Crippen molar-refractivity contribution in [1.82, 2.24) is 5.32 Å². The van der Waals surface area contributed by atoms with Gasteiger partial charge in [0.1, 0.15) is 5.75 Å². The number of rotatable bonds is 8. The van der Waals surface area contributed by atoms with E-state index in [1.165, 1.54) is 12.1 Å². The standard InChI is InChI=1S/C23H22F2N2O2/c1-16(22(28)27-19-10-6-3-7-11-19)26-21(17-8-4-2-5-9-17)18-12-14-20(15-13-18)29-23(24)25/h2-16,21,23,26H,1H3,(H,27,28)/t16-,21+/m0/s1. The number of carbonyl (C=O) groups is 1. The van der Waals surface area contributed by atoms with E-state index in [4.69, 9.17) is 0 Å². The summed E-state index contributed by atoms with van der Waals surface area (Å²) < 4.78 is 29.2. The van der Waals surface area contributed by atoms with Crippen LogP contribution in [0.3, 0.4) is 0 Å². The van der Waals surface area contributed by atoms with Crippen molar-refractivity contribution in [3.63, 3.8) is 0 Å². The van der Waals surface area contributed by atoms with Gasteiger partial charge in [0.15, 0.2) is 0 Å². The Morgan fingerprint density at radius 3 is 1.97 bits per heavy atom. The Morgan fingerprint density at radius 2 is 1.38 bits per heavy atom. The smallest absolute Gasteiger partial charge is 0.387 e. The van der Waals surface area contributed by atoms with E-state index in [0.717, 1.165) is 16.8 Å². The van der Waals surface area contributed by atoms with Gasteiger partial charge in [0.25, 0.3) is 0 Å². The van der Waals surface area contributed by atoms with Gasteiger partial charge in [0.05, 0.1) is 12.1 Å². The molecule has 3 aromatic carbocycles. The number of alkyl halides is 2. The second kappa shape index (κ2) is 9.80. The summed E-state index contributed by atoms with van der Waals surface area (Å²) in [6.07, 6.45) is 0. The fourth-order valence-electron chi connectivity index (χ4n) is 2.97. The molecule has 0 saturated carbocycles. The van der Waals surface area contributed by atoms with Crippen molar-refractivity contribution in [3.8, 4) is 5.75 Å². The van der Waals surface area contributed by atoms with E-state index in [9.17, 15) is 13.6 Å². The Bertz CT molecular complexity index is 903. The average Bonchev–Trinajstić information content (AvgIpc) is 2.73. The van der Waals surface area contributed by atoms with Crippen LogP contribution >= 0.6 is 0 Å². The first-order valence-corrected chi connectivity index (χ1v) is 9.24. The van der Waals surface area contributed by atoms with Crippen LogP contribution in [0.2, 0.25) is 0 Å². The van der Waals surface area contributed by atoms with Crippen LogP contribution in [0.4, 0.5) is 14.5 Å². The molecule has 2 N–H and O–H groups in total. The van der Waals surface area contributed by atoms with E-state index in [2.05, 4.69) is 15.4 Å². The van der Waals surface area contributed by atoms with E-state index in [1.807, 2.05) is 60.7 Å². The van der Waals surface area contributed by atoms with Crippen molar-refractivity contribution in [2.24, 2.45) is 0 Å². The molecule has 3 rings (SSSR count). The zero-order valence-electron chi connectivity index (χ0n) is 15.9. The van der Waals surface area contributed by atoms with Gasteiger partial charge in [-0.15, -0.1) is 0 Å². The quantitative estimate of drug-likeness (QED) is 0.564. The van der Waals surface area contributed by atoms with Crippen LogP contribution in [-0.2, 0) is 4.79 Å². The summed E-state index contributed by atoms with van der Waals surface area (Å²) in [6, 6.07) is 24.5. The summed E-state index contributed by atoms with van der Waals surface area (Å²) in [6.45, 7) is -1.09. The first-order chi connectivity index (χ1) is 14.0. The van der Waals surface area contributed by atoms with Gasteiger partial charge in [0, 0.05) is 5.69 Å². The molecule has 29 heavy (non-hydrogen) atoms. The number of para-hydroxylation sites is 1. The average molecular weight is 396 g/mol. The molecule has 150 valence electrons. The summed E-state index contributed by atoms with van der Waals surface area (Å²) >= 11 is 0. The van der Waals surface area contributed by atoms with Crippen LogP contribution in [-0.4, -0.2) is 18.6 Å². The number of benzene rings is 3. The third-order valence-corrected chi connectivity index (χ3v) is 4.42. The number of ether oxygens (including phenoxy) is 1. The Labute approximate surface area is 168 Å². The minimum atomic E-state index is -2.87. The van der Waals surface area contributed by atoms with Gasteiger partial charge >= 0.3 is 6.61 Å². The molecule has 6 heteroatoms. The van der Waals surface area contributed by atoms with Gasteiger partial charge in [-0.25, -0.2) is 0 Å². The molecular weight excluding hydrogens is 374 g/mol. The van der Waals surface area contributed by atoms with Crippen molar-refractivity contribution >= 4 is 11.6 Å². The van der Waals surface area contributed by atoms with Crippen LogP contribution < -0.4 is 15.4 Å². The lowest BCUT2D eigenvalue weighted by molar-refractivity contribution is -0.117. The lowest BCUT2D eigenvalue weighted by atomic mass is 9.97. The first-order valence-electron chi connectivity index (χ1n) is 9.24. The Kier molecular flexibility index (Phi) is 6.92. The van der Waals surface area contributed by atoms with E-state index in [1.54, 1.807) is 19.1 Å². The normalized spacial score (nSPS) is 13.0. The number of hydrogen-bond donors (Lipinski definition) is 2. The SMILES string of the molecule is C[C@H](N[C@H](c1ccccc1)c1ccc(OC(F)F)cc1)C(=O)Nc1ccccc1. The van der Waals surface area contributed by atoms with Crippen molar-refractivity contribution in [2.45, 2.75) is 25.6 Å². The number of amides is 1. The number of hydrogen-bond acceptors (Lipinski definition) is 3. The summed E-state index contributed by atoms with van der Waals surface area (Å²) in [5, 5.41) is 6.20. The van der Waals surface area contributed by atoms with Crippen molar-refractivity contribution in [3.05, 3.63) is 96.1 Å². The highest BCUT2D eigenvalue weighted by Crippen LogP contribution is 2.25. The van der Waals surface area contributed by atoms with E-state index in [-0.39, 0.29) is 17.7 Å². The summed E-state index contributed by atoms with van der Waals surface area (Å²) in [5.41, 5.74) is 2.50. The van der Waals surface area contributed by atoms with Crippen LogP contribution in [0.5, 0.6) is 5.75 Å². The van der Waals surface area contributed by atoms with Gasteiger partial charge in [-0.1, -0.05) is 60.7 Å². The second-order valence-electron chi connectivity index (χ2n) is 6.53. The van der Waals surface area contributed by atoms with Crippen LogP contribution in [0.15, 0.2) is 84.9 Å². The van der Waals surface area contributed by atoms with E-state index >= 15 is 0 Å². The summed E-state index contributed by atoms with van der Waals surface area (Å²) in [4.78, 5) is 12.6. The molecule has 0 spiro atoms. The number of nitrogens with one attached hydrogen (secondary N) is 2. The molecule has 4 nitrogen and oxygen atoms in total. The lowest BCUT2D eigenvalue weighted by Gasteiger charge is -2.24. The molecule has 1 amide bonds. The fraction of sp³-hybridized carbons (Fsp3) is 0.174. The zero-order valence-corrected chi connectivity index (χ0v) is 15.9. The molecule has 0 aliphatic rings. The van der Waals surface area contributed by atoms with Crippen molar-refractivity contribution in [1.29, 1.82) is 0 Å². The predicted molar refractivity (Wildman–Crippen MR) is 109 cm³/mol. The molecule has 0 unspecified atom stereocenters. The number of halogens is 2. The largest absolute Gasteiger partial charge is 0.435 e. The molecule has 0 radical (unpaired) electrons. The molecule has 0 aliphatic heterocycles. The molecule has 0 aliphatic carbocycles. The maximum absolute atomic E-state index is 12.6. The zero-order chi connectivity index (χ0) is 20.6. The first kappa shape index (κ1) is 20.5. The third-order valence-electron chi connectivity index (χ3n) is 4.42. The highest BCUT2D eigenvalue weighted by Gasteiger charge is 2.21. The van der Waals surface area contributed by atoms with E-state index < -0.39 is 12.7 Å².